The zero-order chi connectivity index (χ0) is 17.9. The molecule has 2 saturated carbocycles. The normalized spacial score (nSPS) is 24.4. The van der Waals surface area contributed by atoms with E-state index in [4.69, 9.17) is 4.74 Å². The van der Waals surface area contributed by atoms with E-state index in [2.05, 4.69) is 5.32 Å². The van der Waals surface area contributed by atoms with Gasteiger partial charge in [-0.15, -0.1) is 0 Å². The van der Waals surface area contributed by atoms with Gasteiger partial charge >= 0.3 is 0 Å². The van der Waals surface area contributed by atoms with Crippen LogP contribution >= 0.6 is 0 Å². The van der Waals surface area contributed by atoms with E-state index in [1.807, 2.05) is 29.2 Å². The van der Waals surface area contributed by atoms with Crippen LogP contribution in [0.3, 0.4) is 0 Å². The van der Waals surface area contributed by atoms with E-state index in [1.54, 1.807) is 0 Å². The second kappa shape index (κ2) is 7.68. The summed E-state index contributed by atoms with van der Waals surface area (Å²) in [6, 6.07) is 7.98. The summed E-state index contributed by atoms with van der Waals surface area (Å²) >= 11 is 0. The molecule has 3 aliphatic rings. The molecule has 26 heavy (non-hydrogen) atoms. The molecule has 3 fully saturated rings. The Balaban J connectivity index is 1.39. The second-order valence-electron chi connectivity index (χ2n) is 7.90. The molecule has 2 aliphatic carbocycles. The number of anilines is 1. The van der Waals surface area contributed by atoms with Crippen molar-refractivity contribution in [3.63, 3.8) is 0 Å². The van der Waals surface area contributed by atoms with Gasteiger partial charge in [0.15, 0.2) is 0 Å². The van der Waals surface area contributed by atoms with E-state index in [9.17, 15) is 9.59 Å². The Morgan fingerprint density at radius 2 is 1.73 bits per heavy atom. The molecule has 2 amide bonds. The maximum absolute atomic E-state index is 12.8. The molecule has 0 radical (unpaired) electrons. The molecule has 0 aromatic heterocycles. The number of likely N-dealkylation sites (tertiary alicyclic amines) is 1. The van der Waals surface area contributed by atoms with E-state index in [1.165, 1.54) is 25.7 Å². The number of amides is 2. The first kappa shape index (κ1) is 17.4. The molecule has 0 spiro atoms. The number of nitrogens with zero attached hydrogens (tertiary/aromatic N) is 1. The van der Waals surface area contributed by atoms with Crippen molar-refractivity contribution < 1.29 is 14.3 Å². The molecule has 5 nitrogen and oxygen atoms in total. The van der Waals surface area contributed by atoms with Gasteiger partial charge in [0.2, 0.25) is 11.8 Å². The Labute approximate surface area is 155 Å². The van der Waals surface area contributed by atoms with Gasteiger partial charge in [0.05, 0.1) is 17.7 Å². The fourth-order valence-electron chi connectivity index (χ4n) is 4.57. The van der Waals surface area contributed by atoms with Crippen LogP contribution in [0.25, 0.3) is 0 Å². The smallest absolute Gasteiger partial charge is 0.229 e. The number of hydrogen-bond acceptors (Lipinski definition) is 3. The molecule has 1 aromatic carbocycles. The van der Waals surface area contributed by atoms with Crippen molar-refractivity contribution in [3.8, 4) is 5.75 Å². The number of carbonyl (C=O) groups excluding carboxylic acids is 2. The van der Waals surface area contributed by atoms with Crippen LogP contribution in [0.4, 0.5) is 5.69 Å². The molecule has 140 valence electrons. The van der Waals surface area contributed by atoms with Gasteiger partial charge in [0.1, 0.15) is 5.75 Å². The third-order valence-electron chi connectivity index (χ3n) is 6.04. The van der Waals surface area contributed by atoms with Crippen LogP contribution in [0.2, 0.25) is 0 Å². The number of hydrogen-bond donors (Lipinski definition) is 1. The Bertz CT molecular complexity index is 663. The third-order valence-corrected chi connectivity index (χ3v) is 6.04. The van der Waals surface area contributed by atoms with Crippen molar-refractivity contribution >= 4 is 17.5 Å². The van der Waals surface area contributed by atoms with E-state index in [0.717, 1.165) is 37.1 Å². The summed E-state index contributed by atoms with van der Waals surface area (Å²) in [6.07, 6.45) is 9.70. The number of rotatable bonds is 5. The van der Waals surface area contributed by atoms with Gasteiger partial charge < -0.3 is 15.0 Å². The predicted molar refractivity (Wildman–Crippen MR) is 100 cm³/mol. The van der Waals surface area contributed by atoms with Crippen molar-refractivity contribution in [3.05, 3.63) is 24.3 Å². The summed E-state index contributed by atoms with van der Waals surface area (Å²) < 4.78 is 6.10. The first-order valence-electron chi connectivity index (χ1n) is 10.1. The van der Waals surface area contributed by atoms with Gasteiger partial charge in [0, 0.05) is 19.0 Å². The van der Waals surface area contributed by atoms with Crippen LogP contribution in [0.1, 0.15) is 57.8 Å². The van der Waals surface area contributed by atoms with Crippen molar-refractivity contribution in [2.75, 3.05) is 11.9 Å². The Morgan fingerprint density at radius 3 is 2.50 bits per heavy atom. The number of para-hydroxylation sites is 2. The van der Waals surface area contributed by atoms with Crippen molar-refractivity contribution in [2.24, 2.45) is 5.92 Å². The number of carbonyl (C=O) groups is 2. The number of nitrogens with one attached hydrogen (secondary N) is 1. The summed E-state index contributed by atoms with van der Waals surface area (Å²) in [6.45, 7) is 0.557. The van der Waals surface area contributed by atoms with E-state index in [0.29, 0.717) is 19.0 Å². The van der Waals surface area contributed by atoms with Crippen LogP contribution in [0.5, 0.6) is 5.75 Å². The average Bonchev–Trinajstić information content (AvgIpc) is 3.38. The lowest BCUT2D eigenvalue weighted by molar-refractivity contribution is -0.129. The molecule has 1 aromatic rings. The summed E-state index contributed by atoms with van der Waals surface area (Å²) in [5.74, 6) is 0.543. The monoisotopic (exact) mass is 356 g/mol. The summed E-state index contributed by atoms with van der Waals surface area (Å²) in [7, 11) is 0. The van der Waals surface area contributed by atoms with E-state index >= 15 is 0 Å². The first-order chi connectivity index (χ1) is 12.7. The maximum Gasteiger partial charge on any atom is 0.229 e. The Morgan fingerprint density at radius 1 is 1.04 bits per heavy atom. The molecular weight excluding hydrogens is 328 g/mol. The number of ether oxygens (including phenoxy) is 1. The zero-order valence-corrected chi connectivity index (χ0v) is 15.3. The molecule has 5 heteroatoms. The van der Waals surface area contributed by atoms with E-state index < -0.39 is 0 Å². The lowest BCUT2D eigenvalue weighted by atomic mass is 10.1. The highest BCUT2D eigenvalue weighted by Crippen LogP contribution is 2.32. The van der Waals surface area contributed by atoms with Gasteiger partial charge in [-0.2, -0.15) is 0 Å². The van der Waals surface area contributed by atoms with Crippen LogP contribution < -0.4 is 10.1 Å². The van der Waals surface area contributed by atoms with Crippen LogP contribution in [0.15, 0.2) is 24.3 Å². The summed E-state index contributed by atoms with van der Waals surface area (Å²) in [5, 5.41) is 3.02. The second-order valence-corrected chi connectivity index (χ2v) is 7.90. The van der Waals surface area contributed by atoms with Crippen LogP contribution in [0, 0.1) is 5.92 Å². The molecule has 1 saturated heterocycles. The number of benzene rings is 1. The minimum atomic E-state index is -0.261. The fourth-order valence-corrected chi connectivity index (χ4v) is 4.57. The minimum Gasteiger partial charge on any atom is -0.488 e. The molecule has 1 unspecified atom stereocenters. The first-order valence-corrected chi connectivity index (χ1v) is 10.1. The largest absolute Gasteiger partial charge is 0.488 e. The maximum atomic E-state index is 12.8. The minimum absolute atomic E-state index is 0.0682. The highest BCUT2D eigenvalue weighted by atomic mass is 16.5. The van der Waals surface area contributed by atoms with Gasteiger partial charge in [-0.3, -0.25) is 9.59 Å². The molecule has 1 atom stereocenters. The van der Waals surface area contributed by atoms with Crippen molar-refractivity contribution in [1.29, 1.82) is 0 Å². The topological polar surface area (TPSA) is 58.6 Å². The van der Waals surface area contributed by atoms with Crippen molar-refractivity contribution in [1.82, 2.24) is 4.90 Å². The van der Waals surface area contributed by atoms with Gasteiger partial charge in [-0.25, -0.2) is 0 Å². The fraction of sp³-hybridized carbons (Fsp3) is 0.619. The lowest BCUT2D eigenvalue weighted by Gasteiger charge is -2.24. The van der Waals surface area contributed by atoms with Gasteiger partial charge in [-0.1, -0.05) is 25.0 Å². The van der Waals surface area contributed by atoms with Gasteiger partial charge in [-0.05, 0) is 50.7 Å². The molecular formula is C21H28N2O3. The molecule has 4 rings (SSSR count). The molecule has 1 aliphatic heterocycles. The SMILES string of the molecule is O=C(Nc1ccccc1OC1CCCC1)C1CC(=O)N(C2CCCC2)C1. The van der Waals surface area contributed by atoms with Crippen LogP contribution in [-0.4, -0.2) is 35.4 Å². The quantitative estimate of drug-likeness (QED) is 0.874. The predicted octanol–water partition coefficient (Wildman–Crippen LogP) is 3.74. The average molecular weight is 356 g/mol. The third kappa shape index (κ3) is 3.71. The standard InChI is InChI=1S/C21H28N2O3/c24-20-13-15(14-23(20)16-7-1-2-8-16)21(25)22-18-11-5-6-12-19(18)26-17-9-3-4-10-17/h5-6,11-12,15-17H,1-4,7-10,13-14H2,(H,22,25). The molecule has 1 N–H and O–H groups in total. The Kier molecular flexibility index (Phi) is 5.14. The molecule has 0 bridgehead atoms. The zero-order valence-electron chi connectivity index (χ0n) is 15.3. The Hall–Kier alpha value is -2.04. The highest BCUT2D eigenvalue weighted by molar-refractivity contribution is 5.98. The van der Waals surface area contributed by atoms with Crippen LogP contribution in [-0.2, 0) is 9.59 Å². The van der Waals surface area contributed by atoms with E-state index in [-0.39, 0.29) is 23.8 Å². The summed E-state index contributed by atoms with van der Waals surface area (Å²) in [4.78, 5) is 27.1. The van der Waals surface area contributed by atoms with Crippen molar-refractivity contribution in [2.45, 2.75) is 69.9 Å². The highest BCUT2D eigenvalue weighted by Gasteiger charge is 2.38. The van der Waals surface area contributed by atoms with Gasteiger partial charge in [0.25, 0.3) is 0 Å². The lowest BCUT2D eigenvalue weighted by Crippen LogP contribution is -2.35. The molecule has 1 heterocycles. The summed E-state index contributed by atoms with van der Waals surface area (Å²) in [5.41, 5.74) is 0.719.